The van der Waals surface area contributed by atoms with Crippen LogP contribution >= 0.6 is 11.6 Å². The van der Waals surface area contributed by atoms with E-state index < -0.39 is 6.04 Å². The maximum atomic E-state index is 11.3. The molecule has 0 bridgehead atoms. The van der Waals surface area contributed by atoms with E-state index in [0.717, 1.165) is 0 Å². The van der Waals surface area contributed by atoms with E-state index in [4.69, 9.17) is 11.6 Å². The maximum Gasteiger partial charge on any atom is 0.243 e. The van der Waals surface area contributed by atoms with Crippen LogP contribution < -0.4 is 10.6 Å². The number of likely N-dealkylation sites (N-methyl/N-ethyl adjacent to an activating group) is 1. The minimum Gasteiger partial charge on any atom is -0.357 e. The van der Waals surface area contributed by atoms with Crippen LogP contribution in [0.2, 0.25) is 5.02 Å². The molecule has 0 radical (unpaired) electrons. The predicted octanol–water partition coefficient (Wildman–Crippen LogP) is 0.929. The van der Waals surface area contributed by atoms with Crippen LogP contribution in [0.25, 0.3) is 5.65 Å². The number of nitrogens with one attached hydrogen (secondary N) is 2. The Morgan fingerprint density at radius 1 is 1.53 bits per heavy atom. The number of carbonyl (C=O) groups is 1. The van der Waals surface area contributed by atoms with Gasteiger partial charge in [-0.3, -0.25) is 4.79 Å². The van der Waals surface area contributed by atoms with Crippen LogP contribution in [-0.4, -0.2) is 33.6 Å². The van der Waals surface area contributed by atoms with E-state index in [9.17, 15) is 4.79 Å². The van der Waals surface area contributed by atoms with Gasteiger partial charge in [0.2, 0.25) is 11.9 Å². The number of rotatable bonds is 3. The molecular formula is C10H12ClN5O. The van der Waals surface area contributed by atoms with Gasteiger partial charge in [-0.25, -0.2) is 4.52 Å². The first-order valence-electron chi connectivity index (χ1n) is 5.10. The van der Waals surface area contributed by atoms with Gasteiger partial charge in [0.15, 0.2) is 5.65 Å². The van der Waals surface area contributed by atoms with Gasteiger partial charge in [0.05, 0.1) is 5.02 Å². The van der Waals surface area contributed by atoms with Crippen molar-refractivity contribution in [3.05, 3.63) is 23.4 Å². The molecule has 2 aromatic heterocycles. The van der Waals surface area contributed by atoms with Crippen molar-refractivity contribution in [3.63, 3.8) is 0 Å². The summed E-state index contributed by atoms with van der Waals surface area (Å²) >= 11 is 5.83. The summed E-state index contributed by atoms with van der Waals surface area (Å²) in [5.41, 5.74) is 0.668. The van der Waals surface area contributed by atoms with Crippen LogP contribution in [0.1, 0.15) is 6.92 Å². The molecule has 0 fully saturated rings. The lowest BCUT2D eigenvalue weighted by Crippen LogP contribution is -2.35. The molecule has 1 atom stereocenters. The van der Waals surface area contributed by atoms with Crippen molar-refractivity contribution in [1.82, 2.24) is 19.9 Å². The third-order valence-corrected chi connectivity index (χ3v) is 2.50. The number of pyridine rings is 1. The molecule has 1 unspecified atom stereocenters. The molecule has 1 amide bonds. The highest BCUT2D eigenvalue weighted by Crippen LogP contribution is 2.11. The first-order valence-corrected chi connectivity index (χ1v) is 5.48. The molecule has 7 heteroatoms. The van der Waals surface area contributed by atoms with Gasteiger partial charge in [0.1, 0.15) is 6.04 Å². The molecule has 6 nitrogen and oxygen atoms in total. The van der Waals surface area contributed by atoms with Crippen molar-refractivity contribution in [3.8, 4) is 0 Å². The van der Waals surface area contributed by atoms with Crippen molar-refractivity contribution in [2.24, 2.45) is 0 Å². The monoisotopic (exact) mass is 253 g/mol. The molecule has 0 saturated carbocycles. The van der Waals surface area contributed by atoms with Gasteiger partial charge in [-0.2, -0.15) is 4.98 Å². The Balaban J connectivity index is 2.22. The summed E-state index contributed by atoms with van der Waals surface area (Å²) in [7, 11) is 1.58. The van der Waals surface area contributed by atoms with Crippen LogP contribution in [0, 0.1) is 0 Å². The second kappa shape index (κ2) is 4.58. The van der Waals surface area contributed by atoms with Crippen LogP contribution in [0.5, 0.6) is 0 Å². The smallest absolute Gasteiger partial charge is 0.243 e. The van der Waals surface area contributed by atoms with Gasteiger partial charge in [-0.05, 0) is 19.1 Å². The lowest BCUT2D eigenvalue weighted by molar-refractivity contribution is -0.121. The van der Waals surface area contributed by atoms with Crippen molar-refractivity contribution >= 4 is 29.1 Å². The van der Waals surface area contributed by atoms with Crippen LogP contribution in [-0.2, 0) is 4.79 Å². The van der Waals surface area contributed by atoms with Crippen molar-refractivity contribution in [2.75, 3.05) is 12.4 Å². The number of anilines is 1. The lowest BCUT2D eigenvalue weighted by Gasteiger charge is -2.09. The predicted molar refractivity (Wildman–Crippen MR) is 65.1 cm³/mol. The zero-order valence-electron chi connectivity index (χ0n) is 9.44. The molecule has 0 aromatic carbocycles. The highest BCUT2D eigenvalue weighted by molar-refractivity contribution is 6.30. The van der Waals surface area contributed by atoms with E-state index in [1.807, 2.05) is 0 Å². The molecule has 2 N–H and O–H groups in total. The quantitative estimate of drug-likeness (QED) is 0.854. The summed E-state index contributed by atoms with van der Waals surface area (Å²) in [6.45, 7) is 1.73. The fraction of sp³-hybridized carbons (Fsp3) is 0.300. The second-order valence-electron chi connectivity index (χ2n) is 3.57. The number of halogens is 1. The minimum absolute atomic E-state index is 0.123. The van der Waals surface area contributed by atoms with Gasteiger partial charge < -0.3 is 10.6 Å². The Kier molecular flexibility index (Phi) is 3.14. The van der Waals surface area contributed by atoms with E-state index in [1.165, 1.54) is 0 Å². The molecule has 17 heavy (non-hydrogen) atoms. The third kappa shape index (κ3) is 2.47. The Morgan fingerprint density at radius 3 is 3.00 bits per heavy atom. The molecule has 2 aromatic rings. The normalized spacial score (nSPS) is 12.4. The number of nitrogens with zero attached hydrogens (tertiary/aromatic N) is 3. The number of hydrogen-bond acceptors (Lipinski definition) is 4. The summed E-state index contributed by atoms with van der Waals surface area (Å²) in [5.74, 6) is 0.269. The number of amides is 1. The third-order valence-electron chi connectivity index (χ3n) is 2.28. The zero-order chi connectivity index (χ0) is 12.4. The van der Waals surface area contributed by atoms with E-state index in [1.54, 1.807) is 36.8 Å². The van der Waals surface area contributed by atoms with Gasteiger partial charge in [0.25, 0.3) is 0 Å². The molecule has 2 rings (SSSR count). The average molecular weight is 254 g/mol. The van der Waals surface area contributed by atoms with E-state index in [-0.39, 0.29) is 5.91 Å². The summed E-state index contributed by atoms with van der Waals surface area (Å²) in [4.78, 5) is 15.5. The van der Waals surface area contributed by atoms with E-state index >= 15 is 0 Å². The number of hydrogen-bond donors (Lipinski definition) is 2. The Labute approximate surface area is 103 Å². The molecule has 0 saturated heterocycles. The van der Waals surface area contributed by atoms with Crippen LogP contribution in [0.4, 0.5) is 5.95 Å². The molecular weight excluding hydrogens is 242 g/mol. The zero-order valence-corrected chi connectivity index (χ0v) is 10.2. The average Bonchev–Trinajstić information content (AvgIpc) is 2.69. The fourth-order valence-electron chi connectivity index (χ4n) is 1.39. The summed E-state index contributed by atoms with van der Waals surface area (Å²) in [6.07, 6.45) is 1.65. The first-order chi connectivity index (χ1) is 8.10. The van der Waals surface area contributed by atoms with E-state index in [0.29, 0.717) is 16.6 Å². The first kappa shape index (κ1) is 11.7. The maximum absolute atomic E-state index is 11.3. The van der Waals surface area contributed by atoms with Gasteiger partial charge in [-0.1, -0.05) is 11.6 Å². The fourth-order valence-corrected chi connectivity index (χ4v) is 1.55. The van der Waals surface area contributed by atoms with Crippen molar-refractivity contribution < 1.29 is 4.79 Å². The number of aromatic nitrogens is 3. The number of fused-ring (bicyclic) bond motifs is 1. The Hall–Kier alpha value is -1.82. The van der Waals surface area contributed by atoms with Gasteiger partial charge in [0, 0.05) is 13.2 Å². The standard InChI is InChI=1S/C10H12ClN5O/c1-6(9(17)12-2)13-10-14-8-4-3-7(11)5-16(8)15-10/h3-6H,1-2H3,(H,12,17)(H,13,15). The summed E-state index contributed by atoms with van der Waals surface area (Å²) in [5, 5.41) is 10.2. The van der Waals surface area contributed by atoms with E-state index in [2.05, 4.69) is 20.7 Å². The van der Waals surface area contributed by atoms with Crippen molar-refractivity contribution in [1.29, 1.82) is 0 Å². The topological polar surface area (TPSA) is 71.3 Å². The van der Waals surface area contributed by atoms with Gasteiger partial charge in [-0.15, -0.1) is 5.10 Å². The van der Waals surface area contributed by atoms with Crippen molar-refractivity contribution in [2.45, 2.75) is 13.0 Å². The highest BCUT2D eigenvalue weighted by Gasteiger charge is 2.13. The van der Waals surface area contributed by atoms with Crippen LogP contribution in [0.15, 0.2) is 18.3 Å². The Morgan fingerprint density at radius 2 is 2.29 bits per heavy atom. The Bertz CT molecular complexity index is 553. The molecule has 0 aliphatic rings. The molecule has 0 aliphatic heterocycles. The molecule has 90 valence electrons. The molecule has 0 spiro atoms. The summed E-state index contributed by atoms with van der Waals surface area (Å²) < 4.78 is 1.56. The second-order valence-corrected chi connectivity index (χ2v) is 4.00. The van der Waals surface area contributed by atoms with Gasteiger partial charge >= 0.3 is 0 Å². The molecule has 2 heterocycles. The molecule has 0 aliphatic carbocycles. The largest absolute Gasteiger partial charge is 0.357 e. The minimum atomic E-state index is -0.395. The number of carbonyl (C=O) groups excluding carboxylic acids is 1. The lowest BCUT2D eigenvalue weighted by atomic mass is 10.3. The summed E-state index contributed by atoms with van der Waals surface area (Å²) in [6, 6.07) is 3.09. The SMILES string of the molecule is CNC(=O)C(C)Nc1nc2ccc(Cl)cn2n1. The van der Waals surface area contributed by atoms with Crippen LogP contribution in [0.3, 0.4) is 0 Å². The highest BCUT2D eigenvalue weighted by atomic mass is 35.5.